The molecule has 0 aliphatic carbocycles. The second-order valence-corrected chi connectivity index (χ2v) is 7.16. The molecular formula is C17H18ClNS. The first-order chi connectivity index (χ1) is 9.70. The van der Waals surface area contributed by atoms with Crippen molar-refractivity contribution in [1.82, 2.24) is 0 Å². The lowest BCUT2D eigenvalue weighted by molar-refractivity contribution is 0.594. The molecule has 0 amide bonds. The van der Waals surface area contributed by atoms with Crippen molar-refractivity contribution in [2.75, 3.05) is 0 Å². The Morgan fingerprint density at radius 3 is 2.65 bits per heavy atom. The van der Waals surface area contributed by atoms with Gasteiger partial charge in [-0.1, -0.05) is 41.9 Å². The lowest BCUT2D eigenvalue weighted by Crippen LogP contribution is -2.27. The van der Waals surface area contributed by atoms with E-state index in [2.05, 4.69) is 36.4 Å². The smallest absolute Gasteiger partial charge is 0.0406 e. The molecule has 2 unspecified atom stereocenters. The molecule has 0 radical (unpaired) electrons. The van der Waals surface area contributed by atoms with E-state index in [0.717, 1.165) is 24.3 Å². The molecule has 0 saturated carbocycles. The molecule has 20 heavy (non-hydrogen) atoms. The SMILES string of the molecule is NC(Cc1ccc(Cl)cc1)CC1Cc2ccccc2S1. The van der Waals surface area contributed by atoms with E-state index in [9.17, 15) is 0 Å². The third-order valence-electron chi connectivity index (χ3n) is 3.69. The van der Waals surface area contributed by atoms with Gasteiger partial charge in [0.25, 0.3) is 0 Å². The Morgan fingerprint density at radius 2 is 1.90 bits per heavy atom. The Morgan fingerprint density at radius 1 is 1.15 bits per heavy atom. The molecule has 0 saturated heterocycles. The van der Waals surface area contributed by atoms with Crippen LogP contribution in [0.1, 0.15) is 17.5 Å². The Kier molecular flexibility index (Phi) is 4.35. The van der Waals surface area contributed by atoms with E-state index in [1.54, 1.807) is 0 Å². The molecule has 1 aliphatic rings. The minimum atomic E-state index is 0.211. The van der Waals surface area contributed by atoms with Crippen molar-refractivity contribution in [1.29, 1.82) is 0 Å². The third kappa shape index (κ3) is 3.38. The van der Waals surface area contributed by atoms with Crippen LogP contribution in [0.25, 0.3) is 0 Å². The standard InChI is InChI=1S/C17H18ClNS/c18-14-7-5-12(6-8-14)9-15(19)11-16-10-13-3-1-2-4-17(13)20-16/h1-8,15-16H,9-11,19H2. The zero-order chi connectivity index (χ0) is 13.9. The van der Waals surface area contributed by atoms with Crippen molar-refractivity contribution < 1.29 is 0 Å². The van der Waals surface area contributed by atoms with E-state index < -0.39 is 0 Å². The summed E-state index contributed by atoms with van der Waals surface area (Å²) < 4.78 is 0. The van der Waals surface area contributed by atoms with Gasteiger partial charge in [0, 0.05) is 21.2 Å². The fourth-order valence-electron chi connectivity index (χ4n) is 2.73. The van der Waals surface area contributed by atoms with Gasteiger partial charge in [-0.15, -0.1) is 11.8 Å². The molecule has 2 aromatic rings. The average molecular weight is 304 g/mol. The highest BCUT2D eigenvalue weighted by Gasteiger charge is 2.23. The van der Waals surface area contributed by atoms with Crippen LogP contribution < -0.4 is 5.73 Å². The molecule has 2 N–H and O–H groups in total. The predicted molar refractivity (Wildman–Crippen MR) is 87.5 cm³/mol. The summed E-state index contributed by atoms with van der Waals surface area (Å²) in [5.74, 6) is 0. The van der Waals surface area contributed by atoms with Gasteiger partial charge in [-0.3, -0.25) is 0 Å². The number of benzene rings is 2. The number of hydrogen-bond acceptors (Lipinski definition) is 2. The van der Waals surface area contributed by atoms with E-state index >= 15 is 0 Å². The number of nitrogens with two attached hydrogens (primary N) is 1. The van der Waals surface area contributed by atoms with Crippen molar-refractivity contribution in [3.63, 3.8) is 0 Å². The van der Waals surface area contributed by atoms with Gasteiger partial charge in [0.05, 0.1) is 0 Å². The maximum absolute atomic E-state index is 6.31. The quantitative estimate of drug-likeness (QED) is 0.910. The zero-order valence-corrected chi connectivity index (χ0v) is 12.8. The highest BCUT2D eigenvalue weighted by Crippen LogP contribution is 2.38. The number of thioether (sulfide) groups is 1. The van der Waals surface area contributed by atoms with Gasteiger partial charge in [0.1, 0.15) is 0 Å². The van der Waals surface area contributed by atoms with Crippen molar-refractivity contribution in [3.05, 3.63) is 64.7 Å². The van der Waals surface area contributed by atoms with Crippen LogP contribution in [0, 0.1) is 0 Å². The molecule has 3 rings (SSSR count). The van der Waals surface area contributed by atoms with Gasteiger partial charge in [-0.25, -0.2) is 0 Å². The Hall–Kier alpha value is -0.960. The summed E-state index contributed by atoms with van der Waals surface area (Å²) in [6, 6.07) is 16.9. The summed E-state index contributed by atoms with van der Waals surface area (Å²) in [6.45, 7) is 0. The van der Waals surface area contributed by atoms with Crippen molar-refractivity contribution in [3.8, 4) is 0 Å². The van der Waals surface area contributed by atoms with Crippen LogP contribution in [0.3, 0.4) is 0 Å². The lowest BCUT2D eigenvalue weighted by atomic mass is 10.00. The first kappa shape index (κ1) is 14.0. The Labute approximate surface area is 129 Å². The van der Waals surface area contributed by atoms with E-state index in [1.165, 1.54) is 16.0 Å². The fourth-order valence-corrected chi connectivity index (χ4v) is 4.28. The summed E-state index contributed by atoms with van der Waals surface area (Å²) in [7, 11) is 0. The van der Waals surface area contributed by atoms with E-state index in [-0.39, 0.29) is 6.04 Å². The maximum Gasteiger partial charge on any atom is 0.0406 e. The van der Waals surface area contributed by atoms with Gasteiger partial charge >= 0.3 is 0 Å². The summed E-state index contributed by atoms with van der Waals surface area (Å²) in [5.41, 5.74) is 9.05. The van der Waals surface area contributed by atoms with Crippen LogP contribution in [0.5, 0.6) is 0 Å². The van der Waals surface area contributed by atoms with Crippen LogP contribution in [0.2, 0.25) is 5.02 Å². The minimum Gasteiger partial charge on any atom is -0.327 e. The Balaban J connectivity index is 1.55. The second-order valence-electron chi connectivity index (χ2n) is 5.38. The lowest BCUT2D eigenvalue weighted by Gasteiger charge is -2.16. The molecule has 3 heteroatoms. The third-order valence-corrected chi connectivity index (χ3v) is 5.29. The monoisotopic (exact) mass is 303 g/mol. The molecule has 1 nitrogen and oxygen atoms in total. The molecule has 104 valence electrons. The van der Waals surface area contributed by atoms with Crippen molar-refractivity contribution in [2.45, 2.75) is 35.4 Å². The van der Waals surface area contributed by atoms with Crippen molar-refractivity contribution in [2.24, 2.45) is 5.73 Å². The first-order valence-electron chi connectivity index (χ1n) is 6.95. The van der Waals surface area contributed by atoms with Crippen LogP contribution in [0.15, 0.2) is 53.4 Å². The number of rotatable bonds is 4. The van der Waals surface area contributed by atoms with Crippen LogP contribution >= 0.6 is 23.4 Å². The normalized spacial score (nSPS) is 18.8. The van der Waals surface area contributed by atoms with Gasteiger partial charge in [0.2, 0.25) is 0 Å². The van der Waals surface area contributed by atoms with Crippen LogP contribution in [-0.2, 0) is 12.8 Å². The summed E-state index contributed by atoms with van der Waals surface area (Å²) in [6.07, 6.45) is 3.13. The topological polar surface area (TPSA) is 26.0 Å². The Bertz CT molecular complexity index is 557. The molecule has 1 heterocycles. The molecule has 0 fully saturated rings. The zero-order valence-electron chi connectivity index (χ0n) is 11.3. The summed E-state index contributed by atoms with van der Waals surface area (Å²) >= 11 is 7.88. The highest BCUT2D eigenvalue weighted by atomic mass is 35.5. The minimum absolute atomic E-state index is 0.211. The van der Waals surface area contributed by atoms with Gasteiger partial charge in [-0.05, 0) is 48.6 Å². The summed E-state index contributed by atoms with van der Waals surface area (Å²) in [5, 5.41) is 1.40. The van der Waals surface area contributed by atoms with E-state index in [4.69, 9.17) is 17.3 Å². The molecule has 2 atom stereocenters. The van der Waals surface area contributed by atoms with Gasteiger partial charge in [0.15, 0.2) is 0 Å². The van der Waals surface area contributed by atoms with E-state index in [0.29, 0.717) is 5.25 Å². The molecular weight excluding hydrogens is 286 g/mol. The second kappa shape index (κ2) is 6.21. The number of halogens is 1. The number of hydrogen-bond donors (Lipinski definition) is 1. The van der Waals surface area contributed by atoms with Gasteiger partial charge in [-0.2, -0.15) is 0 Å². The van der Waals surface area contributed by atoms with Crippen LogP contribution in [-0.4, -0.2) is 11.3 Å². The van der Waals surface area contributed by atoms with Crippen molar-refractivity contribution >= 4 is 23.4 Å². The predicted octanol–water partition coefficient (Wildman–Crippen LogP) is 4.32. The molecule has 0 spiro atoms. The highest BCUT2D eigenvalue weighted by molar-refractivity contribution is 8.00. The molecule has 2 aromatic carbocycles. The fraction of sp³-hybridized carbons (Fsp3) is 0.294. The summed E-state index contributed by atoms with van der Waals surface area (Å²) in [4.78, 5) is 1.43. The average Bonchev–Trinajstić information content (AvgIpc) is 2.83. The molecule has 0 bridgehead atoms. The molecule has 0 aromatic heterocycles. The largest absolute Gasteiger partial charge is 0.327 e. The van der Waals surface area contributed by atoms with Gasteiger partial charge < -0.3 is 5.73 Å². The first-order valence-corrected chi connectivity index (χ1v) is 8.21. The maximum atomic E-state index is 6.31. The van der Waals surface area contributed by atoms with E-state index in [1.807, 2.05) is 23.9 Å². The number of fused-ring (bicyclic) bond motifs is 1. The van der Waals surface area contributed by atoms with Crippen LogP contribution in [0.4, 0.5) is 0 Å². The molecule has 1 aliphatic heterocycles.